The number of ether oxygens (including phenoxy) is 1. The van der Waals surface area contributed by atoms with Gasteiger partial charge in [-0.15, -0.1) is 0 Å². The van der Waals surface area contributed by atoms with Crippen molar-refractivity contribution >= 4 is 37.8 Å². The summed E-state index contributed by atoms with van der Waals surface area (Å²) in [6, 6.07) is 0.899. The van der Waals surface area contributed by atoms with Gasteiger partial charge in [0, 0.05) is 0 Å². The third-order valence-electron chi connectivity index (χ3n) is 1.54. The third-order valence-corrected chi connectivity index (χ3v) is 3.62. The largest absolute Gasteiger partial charge is 0.506 e. The van der Waals surface area contributed by atoms with Crippen LogP contribution in [0.5, 0.6) is 5.75 Å². The highest BCUT2D eigenvalue weighted by Gasteiger charge is 2.19. The van der Waals surface area contributed by atoms with Gasteiger partial charge in [0.2, 0.25) is 0 Å². The lowest BCUT2D eigenvalue weighted by molar-refractivity contribution is 0.0596. The summed E-state index contributed by atoms with van der Waals surface area (Å²) in [5, 5.41) is 9.46. The van der Waals surface area contributed by atoms with Gasteiger partial charge in [-0.05, 0) is 37.9 Å². The van der Waals surface area contributed by atoms with Crippen LogP contribution in [0.15, 0.2) is 15.0 Å². The van der Waals surface area contributed by atoms with Crippen molar-refractivity contribution in [2.45, 2.75) is 0 Å². The lowest BCUT2D eigenvalue weighted by Crippen LogP contribution is -2.03. The molecule has 0 heterocycles. The Morgan fingerprint density at radius 3 is 2.57 bits per heavy atom. The summed E-state index contributed by atoms with van der Waals surface area (Å²) in [6.45, 7) is 0. The topological polar surface area (TPSA) is 46.5 Å². The molecule has 0 bridgehead atoms. The second kappa shape index (κ2) is 4.27. The van der Waals surface area contributed by atoms with E-state index < -0.39 is 11.8 Å². The van der Waals surface area contributed by atoms with E-state index in [1.165, 1.54) is 0 Å². The molecule has 0 aromatic heterocycles. The second-order valence-corrected chi connectivity index (χ2v) is 3.96. The van der Waals surface area contributed by atoms with Crippen LogP contribution in [-0.4, -0.2) is 18.2 Å². The van der Waals surface area contributed by atoms with E-state index in [0.717, 1.165) is 13.2 Å². The van der Waals surface area contributed by atoms with Gasteiger partial charge in [0.15, 0.2) is 0 Å². The van der Waals surface area contributed by atoms with Crippen LogP contribution in [0, 0.1) is 5.82 Å². The Kier molecular flexibility index (Phi) is 3.49. The Morgan fingerprint density at radius 2 is 2.07 bits per heavy atom. The summed E-state index contributed by atoms with van der Waals surface area (Å²) in [7, 11) is 1.15. The van der Waals surface area contributed by atoms with E-state index in [0.29, 0.717) is 0 Å². The predicted molar refractivity (Wildman–Crippen MR) is 54.8 cm³/mol. The van der Waals surface area contributed by atoms with Crippen molar-refractivity contribution in [3.8, 4) is 5.75 Å². The number of rotatable bonds is 1. The third kappa shape index (κ3) is 1.90. The highest BCUT2D eigenvalue weighted by atomic mass is 79.9. The van der Waals surface area contributed by atoms with Crippen LogP contribution in [0.25, 0.3) is 0 Å². The van der Waals surface area contributed by atoms with Crippen LogP contribution < -0.4 is 0 Å². The van der Waals surface area contributed by atoms with E-state index in [9.17, 15) is 14.3 Å². The lowest BCUT2D eigenvalue weighted by atomic mass is 10.2. The molecular weight excluding hydrogens is 323 g/mol. The van der Waals surface area contributed by atoms with Crippen LogP contribution in [0.3, 0.4) is 0 Å². The SMILES string of the molecule is COC(=O)c1cc(F)c(Br)c(Br)c1O. The minimum absolute atomic E-state index is 0.0580. The van der Waals surface area contributed by atoms with Crippen molar-refractivity contribution in [1.82, 2.24) is 0 Å². The molecular formula is C8H5Br2FO3. The van der Waals surface area contributed by atoms with E-state index in [4.69, 9.17) is 0 Å². The van der Waals surface area contributed by atoms with Gasteiger partial charge in [0.25, 0.3) is 0 Å². The minimum Gasteiger partial charge on any atom is -0.506 e. The Hall–Kier alpha value is -0.620. The first-order valence-electron chi connectivity index (χ1n) is 3.43. The Bertz CT molecular complexity index is 393. The molecule has 3 nitrogen and oxygen atoms in total. The second-order valence-electron chi connectivity index (χ2n) is 2.37. The molecule has 0 amide bonds. The Balaban J connectivity index is 3.40. The maximum Gasteiger partial charge on any atom is 0.341 e. The minimum atomic E-state index is -0.797. The van der Waals surface area contributed by atoms with E-state index in [2.05, 4.69) is 36.6 Å². The summed E-state index contributed by atoms with van der Waals surface area (Å²) < 4.78 is 17.6. The fourth-order valence-corrected chi connectivity index (χ4v) is 1.56. The Morgan fingerprint density at radius 1 is 1.50 bits per heavy atom. The maximum atomic E-state index is 13.1. The summed E-state index contributed by atoms with van der Waals surface area (Å²) in [5.74, 6) is -1.81. The highest BCUT2D eigenvalue weighted by Crippen LogP contribution is 2.36. The number of halogens is 3. The average molecular weight is 328 g/mol. The van der Waals surface area contributed by atoms with E-state index >= 15 is 0 Å². The zero-order valence-electron chi connectivity index (χ0n) is 6.97. The standard InChI is InChI=1S/C8H5Br2FO3/c1-14-8(13)3-2-4(11)5(9)6(10)7(3)12/h2,12H,1H3. The molecule has 0 radical (unpaired) electrons. The molecule has 1 aromatic carbocycles. The van der Waals surface area contributed by atoms with Crippen molar-refractivity contribution < 1.29 is 19.0 Å². The number of methoxy groups -OCH3 is 1. The van der Waals surface area contributed by atoms with Crippen LogP contribution in [0.4, 0.5) is 4.39 Å². The van der Waals surface area contributed by atoms with E-state index in [1.54, 1.807) is 0 Å². The fraction of sp³-hybridized carbons (Fsp3) is 0.125. The van der Waals surface area contributed by atoms with Gasteiger partial charge in [-0.1, -0.05) is 0 Å². The number of esters is 1. The average Bonchev–Trinajstić information content (AvgIpc) is 2.19. The number of hydrogen-bond acceptors (Lipinski definition) is 3. The van der Waals surface area contributed by atoms with Crippen LogP contribution in [0.1, 0.15) is 10.4 Å². The van der Waals surface area contributed by atoms with Gasteiger partial charge in [-0.3, -0.25) is 0 Å². The molecule has 0 fully saturated rings. The van der Waals surface area contributed by atoms with Gasteiger partial charge < -0.3 is 9.84 Å². The first kappa shape index (κ1) is 11.5. The molecule has 1 aromatic rings. The molecule has 76 valence electrons. The van der Waals surface area contributed by atoms with Gasteiger partial charge in [0.1, 0.15) is 17.1 Å². The molecule has 0 atom stereocenters. The summed E-state index contributed by atoms with van der Waals surface area (Å²) >= 11 is 5.83. The number of carbonyl (C=O) groups excluding carboxylic acids is 1. The number of aromatic hydroxyl groups is 1. The summed E-state index contributed by atoms with van der Waals surface area (Å²) in [5.41, 5.74) is -0.222. The van der Waals surface area contributed by atoms with E-state index in [-0.39, 0.29) is 20.3 Å². The van der Waals surface area contributed by atoms with E-state index in [1.807, 2.05) is 0 Å². The Labute approximate surface area is 96.1 Å². The first-order valence-corrected chi connectivity index (χ1v) is 5.02. The van der Waals surface area contributed by atoms with Crippen molar-refractivity contribution in [3.63, 3.8) is 0 Å². The van der Waals surface area contributed by atoms with Crippen molar-refractivity contribution in [2.75, 3.05) is 7.11 Å². The van der Waals surface area contributed by atoms with Gasteiger partial charge >= 0.3 is 5.97 Å². The number of phenolic OH excluding ortho intramolecular Hbond substituents is 1. The van der Waals surface area contributed by atoms with Crippen molar-refractivity contribution in [1.29, 1.82) is 0 Å². The molecule has 0 aliphatic rings. The smallest absolute Gasteiger partial charge is 0.341 e. The molecule has 1 N–H and O–H groups in total. The molecule has 0 aliphatic carbocycles. The molecule has 0 saturated carbocycles. The maximum absolute atomic E-state index is 13.1. The zero-order valence-corrected chi connectivity index (χ0v) is 10.1. The summed E-state index contributed by atoms with van der Waals surface area (Å²) in [6.07, 6.45) is 0. The fourth-order valence-electron chi connectivity index (χ4n) is 0.851. The van der Waals surface area contributed by atoms with Crippen molar-refractivity contribution in [3.05, 3.63) is 26.4 Å². The normalized spacial score (nSPS) is 10.0. The number of hydrogen-bond donors (Lipinski definition) is 1. The molecule has 0 aliphatic heterocycles. The lowest BCUT2D eigenvalue weighted by Gasteiger charge is -2.06. The molecule has 0 unspecified atom stereocenters. The molecule has 6 heteroatoms. The van der Waals surface area contributed by atoms with Crippen molar-refractivity contribution in [2.24, 2.45) is 0 Å². The van der Waals surface area contributed by atoms with Gasteiger partial charge in [-0.2, -0.15) is 0 Å². The predicted octanol–water partition coefficient (Wildman–Crippen LogP) is 2.84. The first-order chi connectivity index (χ1) is 6.49. The number of benzene rings is 1. The monoisotopic (exact) mass is 326 g/mol. The molecule has 14 heavy (non-hydrogen) atoms. The quantitative estimate of drug-likeness (QED) is 0.637. The number of carbonyl (C=O) groups is 1. The molecule has 0 spiro atoms. The molecule has 0 saturated heterocycles. The van der Waals surface area contributed by atoms with Crippen LogP contribution in [-0.2, 0) is 4.74 Å². The molecule has 1 rings (SSSR count). The number of phenols is 1. The van der Waals surface area contributed by atoms with Gasteiger partial charge in [-0.25, -0.2) is 9.18 Å². The zero-order chi connectivity index (χ0) is 10.9. The summed E-state index contributed by atoms with van der Waals surface area (Å²) in [4.78, 5) is 11.1. The van der Waals surface area contributed by atoms with Gasteiger partial charge in [0.05, 0.1) is 16.1 Å². The van der Waals surface area contributed by atoms with Crippen LogP contribution in [0.2, 0.25) is 0 Å². The highest BCUT2D eigenvalue weighted by molar-refractivity contribution is 9.13. The van der Waals surface area contributed by atoms with Crippen LogP contribution >= 0.6 is 31.9 Å².